The Hall–Kier alpha value is -2.20. The monoisotopic (exact) mass is 331 g/mol. The first-order chi connectivity index (χ1) is 11.2. The van der Waals surface area contributed by atoms with Crippen LogP contribution in [-0.2, 0) is 11.2 Å². The summed E-state index contributed by atoms with van der Waals surface area (Å²) < 4.78 is 11.1. The maximum atomic E-state index is 12.6. The van der Waals surface area contributed by atoms with Gasteiger partial charge in [0.2, 0.25) is 5.91 Å². The highest BCUT2D eigenvalue weighted by Crippen LogP contribution is 2.38. The lowest BCUT2D eigenvalue weighted by Crippen LogP contribution is -2.32. The average molecular weight is 332 g/mol. The Balaban J connectivity index is 1.81. The molecule has 1 heterocycles. The van der Waals surface area contributed by atoms with Gasteiger partial charge in [-0.15, -0.1) is 0 Å². The van der Waals surface area contributed by atoms with Gasteiger partial charge >= 0.3 is 0 Å². The molecule has 1 aliphatic heterocycles. The van der Waals surface area contributed by atoms with Crippen LogP contribution in [0.2, 0.25) is 5.02 Å². The molecule has 120 valence electrons. The number of amides is 1. The number of hydrogen-bond donors (Lipinski definition) is 0. The molecule has 0 N–H and O–H groups in total. The van der Waals surface area contributed by atoms with Crippen molar-refractivity contribution in [3.05, 3.63) is 53.1 Å². The van der Waals surface area contributed by atoms with Crippen molar-refractivity contribution in [2.45, 2.75) is 13.3 Å². The van der Waals surface area contributed by atoms with Crippen molar-refractivity contribution < 1.29 is 14.3 Å². The number of carbonyl (C=O) groups is 1. The number of hydrogen-bond acceptors (Lipinski definition) is 3. The smallest absolute Gasteiger partial charge is 0.231 e. The summed E-state index contributed by atoms with van der Waals surface area (Å²) in [6, 6.07) is 13.2. The molecule has 1 aliphatic rings. The van der Waals surface area contributed by atoms with E-state index in [0.717, 1.165) is 11.3 Å². The summed E-state index contributed by atoms with van der Waals surface area (Å²) in [5.74, 6) is 1.19. The predicted molar refractivity (Wildman–Crippen MR) is 90.6 cm³/mol. The van der Waals surface area contributed by atoms with Crippen molar-refractivity contribution >= 4 is 23.2 Å². The fraction of sp³-hybridized carbons (Fsp3) is 0.278. The Morgan fingerprint density at radius 3 is 2.65 bits per heavy atom. The number of fused-ring (bicyclic) bond motifs is 1. The standard InChI is InChI=1S/C18H18ClNO3/c1-2-20(14-6-4-3-5-7-14)17(21)12-13-10-15(19)18-16(11-13)22-8-9-23-18/h3-7,10-11H,2,8-9,12H2,1H3. The van der Waals surface area contributed by atoms with Gasteiger partial charge in [-0.05, 0) is 36.8 Å². The number of benzene rings is 2. The zero-order valence-electron chi connectivity index (χ0n) is 12.9. The summed E-state index contributed by atoms with van der Waals surface area (Å²) in [6.45, 7) is 3.55. The van der Waals surface area contributed by atoms with E-state index in [1.165, 1.54) is 0 Å². The maximum Gasteiger partial charge on any atom is 0.231 e. The van der Waals surface area contributed by atoms with Crippen molar-refractivity contribution in [2.24, 2.45) is 0 Å². The number of anilines is 1. The van der Waals surface area contributed by atoms with Gasteiger partial charge in [0.25, 0.3) is 0 Å². The van der Waals surface area contributed by atoms with Gasteiger partial charge in [0.15, 0.2) is 11.5 Å². The molecule has 0 aromatic heterocycles. The Morgan fingerprint density at radius 1 is 1.17 bits per heavy atom. The molecule has 2 aromatic carbocycles. The number of halogens is 1. The number of nitrogens with zero attached hydrogens (tertiary/aromatic N) is 1. The van der Waals surface area contributed by atoms with Crippen LogP contribution in [0, 0.1) is 0 Å². The molecule has 0 aliphatic carbocycles. The fourth-order valence-corrected chi connectivity index (χ4v) is 2.94. The summed E-state index contributed by atoms with van der Waals surface area (Å²) >= 11 is 6.23. The van der Waals surface area contributed by atoms with Gasteiger partial charge in [-0.25, -0.2) is 0 Å². The second-order valence-electron chi connectivity index (χ2n) is 5.25. The van der Waals surface area contributed by atoms with Gasteiger partial charge in [-0.2, -0.15) is 0 Å². The minimum atomic E-state index is 0.0199. The van der Waals surface area contributed by atoms with E-state index in [2.05, 4.69) is 0 Å². The molecular weight excluding hydrogens is 314 g/mol. The highest BCUT2D eigenvalue weighted by atomic mass is 35.5. The lowest BCUT2D eigenvalue weighted by molar-refractivity contribution is -0.117. The average Bonchev–Trinajstić information content (AvgIpc) is 2.56. The van der Waals surface area contributed by atoms with Crippen molar-refractivity contribution in [3.8, 4) is 11.5 Å². The van der Waals surface area contributed by atoms with Crippen molar-refractivity contribution in [2.75, 3.05) is 24.7 Å². The van der Waals surface area contributed by atoms with E-state index in [1.807, 2.05) is 43.3 Å². The lowest BCUT2D eigenvalue weighted by Gasteiger charge is -2.23. The molecular formula is C18H18ClNO3. The Morgan fingerprint density at radius 2 is 1.91 bits per heavy atom. The summed E-state index contributed by atoms with van der Waals surface area (Å²) in [5.41, 5.74) is 1.71. The lowest BCUT2D eigenvalue weighted by atomic mass is 10.1. The molecule has 0 unspecified atom stereocenters. The number of carbonyl (C=O) groups excluding carboxylic acids is 1. The molecule has 0 atom stereocenters. The van der Waals surface area contributed by atoms with Gasteiger partial charge < -0.3 is 14.4 Å². The van der Waals surface area contributed by atoms with Crippen LogP contribution in [0.25, 0.3) is 0 Å². The quantitative estimate of drug-likeness (QED) is 0.857. The molecule has 0 saturated carbocycles. The fourth-order valence-electron chi connectivity index (χ4n) is 2.65. The number of rotatable bonds is 4. The van der Waals surface area contributed by atoms with Crippen molar-refractivity contribution in [1.29, 1.82) is 0 Å². The molecule has 1 amide bonds. The van der Waals surface area contributed by atoms with E-state index in [1.54, 1.807) is 11.0 Å². The van der Waals surface area contributed by atoms with E-state index >= 15 is 0 Å². The van der Waals surface area contributed by atoms with Crippen LogP contribution in [0.15, 0.2) is 42.5 Å². The Kier molecular flexibility index (Phi) is 4.72. The summed E-state index contributed by atoms with van der Waals surface area (Å²) in [5, 5.41) is 0.479. The third-order valence-corrected chi connectivity index (χ3v) is 3.98. The molecule has 5 heteroatoms. The summed E-state index contributed by atoms with van der Waals surface area (Å²) in [4.78, 5) is 14.4. The third kappa shape index (κ3) is 3.42. The molecule has 0 radical (unpaired) electrons. The van der Waals surface area contributed by atoms with Gasteiger partial charge in [0.1, 0.15) is 13.2 Å². The van der Waals surface area contributed by atoms with Crippen LogP contribution < -0.4 is 14.4 Å². The van der Waals surface area contributed by atoms with E-state index in [-0.39, 0.29) is 12.3 Å². The molecule has 3 rings (SSSR count). The van der Waals surface area contributed by atoms with E-state index in [0.29, 0.717) is 36.3 Å². The maximum absolute atomic E-state index is 12.6. The first kappa shape index (κ1) is 15.7. The first-order valence-corrected chi connectivity index (χ1v) is 8.00. The number of ether oxygens (including phenoxy) is 2. The first-order valence-electron chi connectivity index (χ1n) is 7.62. The van der Waals surface area contributed by atoms with Crippen LogP contribution in [0.3, 0.4) is 0 Å². The zero-order valence-corrected chi connectivity index (χ0v) is 13.7. The highest BCUT2D eigenvalue weighted by Gasteiger charge is 2.19. The van der Waals surface area contributed by atoms with Crippen LogP contribution in [0.5, 0.6) is 11.5 Å². The summed E-state index contributed by atoms with van der Waals surface area (Å²) in [7, 11) is 0. The van der Waals surface area contributed by atoms with Gasteiger partial charge in [0, 0.05) is 12.2 Å². The van der Waals surface area contributed by atoms with Gasteiger partial charge in [0.05, 0.1) is 11.4 Å². The normalized spacial score (nSPS) is 12.8. The minimum Gasteiger partial charge on any atom is -0.486 e. The van der Waals surface area contributed by atoms with Crippen molar-refractivity contribution in [1.82, 2.24) is 0 Å². The molecule has 4 nitrogen and oxygen atoms in total. The van der Waals surface area contributed by atoms with Crippen LogP contribution in [-0.4, -0.2) is 25.7 Å². The topological polar surface area (TPSA) is 38.8 Å². The van der Waals surface area contributed by atoms with Crippen LogP contribution in [0.1, 0.15) is 12.5 Å². The number of likely N-dealkylation sites (N-methyl/N-ethyl adjacent to an activating group) is 1. The van der Waals surface area contributed by atoms with Gasteiger partial charge in [-0.1, -0.05) is 29.8 Å². The highest BCUT2D eigenvalue weighted by molar-refractivity contribution is 6.32. The Labute approximate surface area is 140 Å². The molecule has 0 saturated heterocycles. The molecule has 0 spiro atoms. The SMILES string of the molecule is CCN(C(=O)Cc1cc(Cl)c2c(c1)OCCO2)c1ccccc1. The largest absolute Gasteiger partial charge is 0.486 e. The number of para-hydroxylation sites is 1. The molecule has 23 heavy (non-hydrogen) atoms. The second-order valence-corrected chi connectivity index (χ2v) is 5.66. The second kappa shape index (κ2) is 6.92. The molecule has 0 bridgehead atoms. The predicted octanol–water partition coefficient (Wildman–Crippen LogP) is 3.71. The third-order valence-electron chi connectivity index (χ3n) is 3.70. The summed E-state index contributed by atoms with van der Waals surface area (Å²) in [6.07, 6.45) is 0.263. The van der Waals surface area contributed by atoms with Crippen LogP contribution >= 0.6 is 11.6 Å². The zero-order chi connectivity index (χ0) is 16.2. The molecule has 0 fully saturated rings. The Bertz CT molecular complexity index is 703. The van der Waals surface area contributed by atoms with Crippen molar-refractivity contribution in [3.63, 3.8) is 0 Å². The van der Waals surface area contributed by atoms with E-state index in [9.17, 15) is 4.79 Å². The van der Waals surface area contributed by atoms with Gasteiger partial charge in [-0.3, -0.25) is 4.79 Å². The minimum absolute atomic E-state index is 0.0199. The molecule has 2 aromatic rings. The van der Waals surface area contributed by atoms with Crippen LogP contribution in [0.4, 0.5) is 5.69 Å². The van der Waals surface area contributed by atoms with E-state index in [4.69, 9.17) is 21.1 Å². The van der Waals surface area contributed by atoms with E-state index < -0.39 is 0 Å².